The maximum atomic E-state index is 13.5. The first kappa shape index (κ1) is 22.9. The zero-order valence-electron chi connectivity index (χ0n) is 18.2. The maximum Gasteiger partial charge on any atom is 0.254 e. The second-order valence-electron chi connectivity index (χ2n) is 7.76. The largest absolute Gasteiger partial charge is 0.493 e. The number of nitrogens with zero attached hydrogens (tertiary/aromatic N) is 1. The third-order valence-corrected chi connectivity index (χ3v) is 6.11. The fraction of sp³-hybridized carbons (Fsp3) is 0.417. The molecule has 3 rings (SSSR count). The van der Waals surface area contributed by atoms with E-state index in [4.69, 9.17) is 21.1 Å². The standard InChI is InChI=1S/C24H29ClN2O4/c1-16(23(28)26-19-9-5-6-10-19)27(15-18-8-4-7-11-20(18)25)24(29)17-12-13-21(30-2)22(14-17)31-3/h4,7-8,11-14,16,19H,5-6,9-10,15H2,1-3H3,(H,26,28). The van der Waals surface area contributed by atoms with Crippen molar-refractivity contribution in [1.29, 1.82) is 0 Å². The summed E-state index contributed by atoms with van der Waals surface area (Å²) in [5.74, 6) is 0.542. The lowest BCUT2D eigenvalue weighted by Gasteiger charge is -2.30. The lowest BCUT2D eigenvalue weighted by molar-refractivity contribution is -0.126. The third kappa shape index (κ3) is 5.50. The van der Waals surface area contributed by atoms with Crippen LogP contribution in [0.25, 0.3) is 0 Å². The van der Waals surface area contributed by atoms with Crippen LogP contribution in [0.2, 0.25) is 5.02 Å². The number of nitrogens with one attached hydrogen (secondary N) is 1. The third-order valence-electron chi connectivity index (χ3n) is 5.74. The summed E-state index contributed by atoms with van der Waals surface area (Å²) >= 11 is 6.35. The molecule has 31 heavy (non-hydrogen) atoms. The smallest absolute Gasteiger partial charge is 0.254 e. The molecule has 0 saturated heterocycles. The van der Waals surface area contributed by atoms with E-state index in [0.717, 1.165) is 31.2 Å². The van der Waals surface area contributed by atoms with Crippen LogP contribution >= 0.6 is 11.6 Å². The number of ether oxygens (including phenoxy) is 2. The number of halogens is 1. The van der Waals surface area contributed by atoms with Gasteiger partial charge < -0.3 is 19.7 Å². The Morgan fingerprint density at radius 2 is 1.77 bits per heavy atom. The van der Waals surface area contributed by atoms with Crippen molar-refractivity contribution in [2.45, 2.75) is 51.2 Å². The Morgan fingerprint density at radius 3 is 2.42 bits per heavy atom. The molecule has 2 aromatic rings. The summed E-state index contributed by atoms with van der Waals surface area (Å²) in [6, 6.07) is 11.8. The summed E-state index contributed by atoms with van der Waals surface area (Å²) in [5.41, 5.74) is 1.18. The van der Waals surface area contributed by atoms with Gasteiger partial charge in [0.1, 0.15) is 6.04 Å². The Balaban J connectivity index is 1.89. The van der Waals surface area contributed by atoms with Crippen LogP contribution < -0.4 is 14.8 Å². The molecule has 0 aliphatic heterocycles. The van der Waals surface area contributed by atoms with E-state index in [1.165, 1.54) is 7.11 Å². The Morgan fingerprint density at radius 1 is 1.10 bits per heavy atom. The van der Waals surface area contributed by atoms with Crippen molar-refractivity contribution in [2.24, 2.45) is 0 Å². The normalized spacial score (nSPS) is 14.7. The van der Waals surface area contributed by atoms with Crippen LogP contribution in [0.5, 0.6) is 11.5 Å². The second kappa shape index (κ2) is 10.5. The summed E-state index contributed by atoms with van der Waals surface area (Å²) in [6.07, 6.45) is 4.19. The average Bonchev–Trinajstić information content (AvgIpc) is 3.30. The molecule has 1 aliphatic rings. The van der Waals surface area contributed by atoms with E-state index in [0.29, 0.717) is 22.1 Å². The number of rotatable bonds is 8. The fourth-order valence-corrected chi connectivity index (χ4v) is 4.06. The number of amides is 2. The molecule has 166 valence electrons. The molecule has 6 nitrogen and oxygen atoms in total. The summed E-state index contributed by atoms with van der Waals surface area (Å²) < 4.78 is 10.6. The van der Waals surface area contributed by atoms with Crippen LogP contribution in [0, 0.1) is 0 Å². The molecule has 1 atom stereocenters. The van der Waals surface area contributed by atoms with Gasteiger partial charge in [0, 0.05) is 23.2 Å². The second-order valence-corrected chi connectivity index (χ2v) is 8.17. The van der Waals surface area contributed by atoms with Crippen molar-refractivity contribution < 1.29 is 19.1 Å². The lowest BCUT2D eigenvalue weighted by Crippen LogP contribution is -2.49. The van der Waals surface area contributed by atoms with Crippen LogP contribution in [-0.2, 0) is 11.3 Å². The summed E-state index contributed by atoms with van der Waals surface area (Å²) in [4.78, 5) is 28.1. The molecule has 1 unspecified atom stereocenters. The molecule has 0 heterocycles. The molecule has 7 heteroatoms. The van der Waals surface area contributed by atoms with Crippen molar-refractivity contribution in [3.63, 3.8) is 0 Å². The molecule has 0 aromatic heterocycles. The number of carbonyl (C=O) groups excluding carboxylic acids is 2. The van der Waals surface area contributed by atoms with E-state index in [1.54, 1.807) is 43.2 Å². The SMILES string of the molecule is COc1ccc(C(=O)N(Cc2ccccc2Cl)C(C)C(=O)NC2CCCC2)cc1OC. The predicted molar refractivity (Wildman–Crippen MR) is 121 cm³/mol. The maximum absolute atomic E-state index is 13.5. The van der Waals surface area contributed by atoms with Gasteiger partial charge in [-0.2, -0.15) is 0 Å². The molecule has 0 bridgehead atoms. The van der Waals surface area contributed by atoms with E-state index < -0.39 is 6.04 Å². The van der Waals surface area contributed by atoms with Gasteiger partial charge in [-0.15, -0.1) is 0 Å². The summed E-state index contributed by atoms with van der Waals surface area (Å²) in [7, 11) is 3.06. The van der Waals surface area contributed by atoms with Gasteiger partial charge in [-0.25, -0.2) is 0 Å². The molecule has 0 spiro atoms. The van der Waals surface area contributed by atoms with Crippen molar-refractivity contribution in [1.82, 2.24) is 10.2 Å². The topological polar surface area (TPSA) is 67.9 Å². The minimum absolute atomic E-state index is 0.159. The highest BCUT2D eigenvalue weighted by Crippen LogP contribution is 2.29. The monoisotopic (exact) mass is 444 g/mol. The highest BCUT2D eigenvalue weighted by Gasteiger charge is 2.30. The first-order valence-corrected chi connectivity index (χ1v) is 10.9. The van der Waals surface area contributed by atoms with E-state index >= 15 is 0 Å². The number of carbonyl (C=O) groups is 2. The predicted octanol–water partition coefficient (Wildman–Crippen LogP) is 4.45. The number of hydrogen-bond acceptors (Lipinski definition) is 4. The number of methoxy groups -OCH3 is 2. The van der Waals surface area contributed by atoms with Gasteiger partial charge in [0.2, 0.25) is 5.91 Å². The molecule has 0 radical (unpaired) electrons. The Bertz CT molecular complexity index is 928. The van der Waals surface area contributed by atoms with E-state index in [-0.39, 0.29) is 24.4 Å². The molecule has 2 aromatic carbocycles. The minimum atomic E-state index is -0.669. The van der Waals surface area contributed by atoms with E-state index in [2.05, 4.69) is 5.32 Å². The van der Waals surface area contributed by atoms with Crippen LogP contribution in [0.1, 0.15) is 48.5 Å². The van der Waals surface area contributed by atoms with Gasteiger partial charge in [0.15, 0.2) is 11.5 Å². The average molecular weight is 445 g/mol. The van der Waals surface area contributed by atoms with Crippen LogP contribution in [0.4, 0.5) is 0 Å². The van der Waals surface area contributed by atoms with Gasteiger partial charge in [0.05, 0.1) is 14.2 Å². The molecular weight excluding hydrogens is 416 g/mol. The van der Waals surface area contributed by atoms with Crippen LogP contribution in [0.3, 0.4) is 0 Å². The molecule has 1 aliphatic carbocycles. The summed E-state index contributed by atoms with van der Waals surface area (Å²) in [6.45, 7) is 1.96. The number of benzene rings is 2. The first-order valence-electron chi connectivity index (χ1n) is 10.5. The Kier molecular flexibility index (Phi) is 7.80. The van der Waals surface area contributed by atoms with Crippen molar-refractivity contribution in [3.8, 4) is 11.5 Å². The van der Waals surface area contributed by atoms with Crippen LogP contribution in [-0.4, -0.2) is 43.0 Å². The quantitative estimate of drug-likeness (QED) is 0.653. The van der Waals surface area contributed by atoms with Gasteiger partial charge in [-0.3, -0.25) is 9.59 Å². The molecule has 1 N–H and O–H groups in total. The molecule has 1 saturated carbocycles. The van der Waals surface area contributed by atoms with Crippen molar-refractivity contribution in [3.05, 3.63) is 58.6 Å². The van der Waals surface area contributed by atoms with E-state index in [9.17, 15) is 9.59 Å². The lowest BCUT2D eigenvalue weighted by atomic mass is 10.1. The zero-order valence-corrected chi connectivity index (χ0v) is 18.9. The zero-order chi connectivity index (χ0) is 22.4. The van der Waals surface area contributed by atoms with Crippen molar-refractivity contribution in [2.75, 3.05) is 14.2 Å². The molecule has 1 fully saturated rings. The Labute approximate surface area is 188 Å². The minimum Gasteiger partial charge on any atom is -0.493 e. The van der Waals surface area contributed by atoms with Gasteiger partial charge in [-0.1, -0.05) is 42.6 Å². The van der Waals surface area contributed by atoms with Gasteiger partial charge in [0.25, 0.3) is 5.91 Å². The fourth-order valence-electron chi connectivity index (χ4n) is 3.86. The van der Waals surface area contributed by atoms with Gasteiger partial charge >= 0.3 is 0 Å². The molecular formula is C24H29ClN2O4. The van der Waals surface area contributed by atoms with Crippen LogP contribution in [0.15, 0.2) is 42.5 Å². The van der Waals surface area contributed by atoms with Gasteiger partial charge in [-0.05, 0) is 49.6 Å². The highest BCUT2D eigenvalue weighted by molar-refractivity contribution is 6.31. The Hall–Kier alpha value is -2.73. The summed E-state index contributed by atoms with van der Waals surface area (Å²) in [5, 5.41) is 3.65. The van der Waals surface area contributed by atoms with Crippen molar-refractivity contribution >= 4 is 23.4 Å². The molecule has 2 amide bonds. The van der Waals surface area contributed by atoms with E-state index in [1.807, 2.05) is 18.2 Å². The first-order chi connectivity index (χ1) is 14.9. The number of hydrogen-bond donors (Lipinski definition) is 1. The highest BCUT2D eigenvalue weighted by atomic mass is 35.5.